The summed E-state index contributed by atoms with van der Waals surface area (Å²) in [5.41, 5.74) is 0.959. The minimum Gasteiger partial charge on any atom is -0.453 e. The summed E-state index contributed by atoms with van der Waals surface area (Å²) < 4.78 is 5.65. The summed E-state index contributed by atoms with van der Waals surface area (Å²) in [4.78, 5) is 15.8. The van der Waals surface area contributed by atoms with Crippen LogP contribution < -0.4 is 0 Å². The second-order valence-electron chi connectivity index (χ2n) is 4.34. The fraction of sp³-hybridized carbons (Fsp3) is 0.125. The van der Waals surface area contributed by atoms with E-state index in [0.717, 1.165) is 16.3 Å². The number of hydrogen-bond donors (Lipinski definition) is 0. The van der Waals surface area contributed by atoms with Crippen LogP contribution in [0, 0.1) is 0 Å². The molecular formula is C16H13NO2. The van der Waals surface area contributed by atoms with Crippen LogP contribution in [-0.4, -0.2) is 10.8 Å². The average molecular weight is 251 g/mol. The van der Waals surface area contributed by atoms with Crippen molar-refractivity contribution in [2.75, 3.05) is 0 Å². The molecule has 1 aromatic carbocycles. The van der Waals surface area contributed by atoms with E-state index in [0.29, 0.717) is 17.9 Å². The number of hydrogen-bond acceptors (Lipinski definition) is 3. The molecule has 0 spiro atoms. The molecule has 19 heavy (non-hydrogen) atoms. The number of benzene rings is 1. The van der Waals surface area contributed by atoms with Gasteiger partial charge in [-0.1, -0.05) is 25.1 Å². The number of aromatic nitrogens is 1. The Morgan fingerprint density at radius 1 is 1.21 bits per heavy atom. The quantitative estimate of drug-likeness (QED) is 0.658. The predicted molar refractivity (Wildman–Crippen MR) is 74.1 cm³/mol. The summed E-state index contributed by atoms with van der Waals surface area (Å²) in [5.74, 6) is 1.14. The molecule has 0 atom stereocenters. The van der Waals surface area contributed by atoms with E-state index in [4.69, 9.17) is 4.42 Å². The fourth-order valence-electron chi connectivity index (χ4n) is 2.13. The predicted octanol–water partition coefficient (Wildman–Crippen LogP) is 4.09. The summed E-state index contributed by atoms with van der Waals surface area (Å²) in [6.45, 7) is 1.83. The van der Waals surface area contributed by atoms with Crippen LogP contribution in [0.15, 0.2) is 53.2 Å². The van der Waals surface area contributed by atoms with Gasteiger partial charge in [-0.2, -0.15) is 0 Å². The lowest BCUT2D eigenvalue weighted by Crippen LogP contribution is -1.92. The van der Waals surface area contributed by atoms with Gasteiger partial charge < -0.3 is 4.42 Å². The van der Waals surface area contributed by atoms with Crippen LogP contribution in [0.2, 0.25) is 0 Å². The van der Waals surface area contributed by atoms with Crippen LogP contribution >= 0.6 is 0 Å². The van der Waals surface area contributed by atoms with E-state index in [-0.39, 0.29) is 5.78 Å². The Kier molecular flexibility index (Phi) is 2.88. The number of pyridine rings is 1. The second-order valence-corrected chi connectivity index (χ2v) is 4.34. The lowest BCUT2D eigenvalue weighted by Gasteiger charge is -2.02. The van der Waals surface area contributed by atoms with Crippen molar-refractivity contribution in [2.45, 2.75) is 13.3 Å². The van der Waals surface area contributed by atoms with Crippen molar-refractivity contribution >= 4 is 16.6 Å². The van der Waals surface area contributed by atoms with E-state index < -0.39 is 0 Å². The van der Waals surface area contributed by atoms with Crippen molar-refractivity contribution in [2.24, 2.45) is 0 Å². The molecule has 94 valence electrons. The lowest BCUT2D eigenvalue weighted by molar-refractivity contribution is 0.0962. The zero-order valence-corrected chi connectivity index (χ0v) is 10.6. The summed E-state index contributed by atoms with van der Waals surface area (Å²) in [6.07, 6.45) is 4.03. The van der Waals surface area contributed by atoms with Crippen LogP contribution in [0.1, 0.15) is 23.9 Å². The van der Waals surface area contributed by atoms with E-state index in [1.54, 1.807) is 12.3 Å². The SMILES string of the molecule is CCC(=O)c1ccc(-c2cccc3ccncc23)o1. The molecule has 0 saturated carbocycles. The summed E-state index contributed by atoms with van der Waals surface area (Å²) in [6, 6.07) is 11.5. The Morgan fingerprint density at radius 2 is 2.11 bits per heavy atom. The second kappa shape index (κ2) is 4.69. The highest BCUT2D eigenvalue weighted by molar-refractivity contribution is 5.97. The number of Topliss-reactive ketones (excluding diaryl/α,β-unsaturated/α-hetero) is 1. The molecule has 0 fully saturated rings. The maximum absolute atomic E-state index is 11.6. The molecule has 0 bridgehead atoms. The first kappa shape index (κ1) is 11.7. The molecule has 2 heterocycles. The highest BCUT2D eigenvalue weighted by Gasteiger charge is 2.12. The normalized spacial score (nSPS) is 10.8. The standard InChI is InChI=1S/C16H13NO2/c1-2-14(18)16-7-6-15(19-16)12-5-3-4-11-8-9-17-10-13(11)12/h3-10H,2H2,1H3. The molecule has 0 radical (unpaired) electrons. The Bertz CT molecular complexity index is 738. The van der Waals surface area contributed by atoms with Gasteiger partial charge in [-0.05, 0) is 23.6 Å². The van der Waals surface area contributed by atoms with Crippen LogP contribution in [0.4, 0.5) is 0 Å². The van der Waals surface area contributed by atoms with Crippen molar-refractivity contribution in [3.05, 3.63) is 54.6 Å². The van der Waals surface area contributed by atoms with Gasteiger partial charge >= 0.3 is 0 Å². The molecule has 3 rings (SSSR count). The van der Waals surface area contributed by atoms with Gasteiger partial charge in [-0.25, -0.2) is 0 Å². The number of rotatable bonds is 3. The summed E-state index contributed by atoms with van der Waals surface area (Å²) in [5, 5.41) is 2.13. The monoisotopic (exact) mass is 251 g/mol. The molecular weight excluding hydrogens is 238 g/mol. The first-order valence-corrected chi connectivity index (χ1v) is 6.25. The van der Waals surface area contributed by atoms with Crippen molar-refractivity contribution < 1.29 is 9.21 Å². The molecule has 0 aliphatic carbocycles. The summed E-state index contributed by atoms with van der Waals surface area (Å²) >= 11 is 0. The van der Waals surface area contributed by atoms with Gasteiger partial charge in [0.15, 0.2) is 11.5 Å². The number of furan rings is 1. The molecule has 0 unspecified atom stereocenters. The zero-order valence-electron chi connectivity index (χ0n) is 10.6. The number of carbonyl (C=O) groups excluding carboxylic acids is 1. The van der Waals surface area contributed by atoms with Crippen LogP contribution in [-0.2, 0) is 0 Å². The van der Waals surface area contributed by atoms with E-state index in [9.17, 15) is 4.79 Å². The molecule has 3 heteroatoms. The Labute approximate surface area is 110 Å². The largest absolute Gasteiger partial charge is 0.453 e. The number of nitrogens with zero attached hydrogens (tertiary/aromatic N) is 1. The third kappa shape index (κ3) is 2.03. The third-order valence-corrected chi connectivity index (χ3v) is 3.15. The van der Waals surface area contributed by atoms with Crippen molar-refractivity contribution in [1.82, 2.24) is 4.98 Å². The van der Waals surface area contributed by atoms with Crippen LogP contribution in [0.3, 0.4) is 0 Å². The smallest absolute Gasteiger partial charge is 0.197 e. The molecule has 0 N–H and O–H groups in total. The Morgan fingerprint density at radius 3 is 2.95 bits per heavy atom. The minimum absolute atomic E-state index is 0.0182. The third-order valence-electron chi connectivity index (χ3n) is 3.15. The first-order valence-electron chi connectivity index (χ1n) is 6.25. The first-order chi connectivity index (χ1) is 9.29. The molecule has 0 saturated heterocycles. The molecule has 2 aromatic heterocycles. The molecule has 0 amide bonds. The van der Waals surface area contributed by atoms with Gasteiger partial charge in [0.05, 0.1) is 0 Å². The van der Waals surface area contributed by atoms with Crippen molar-refractivity contribution in [3.8, 4) is 11.3 Å². The maximum atomic E-state index is 11.6. The Hall–Kier alpha value is -2.42. The van der Waals surface area contributed by atoms with E-state index in [2.05, 4.69) is 4.98 Å². The highest BCUT2D eigenvalue weighted by atomic mass is 16.3. The number of fused-ring (bicyclic) bond motifs is 1. The van der Waals surface area contributed by atoms with E-state index in [1.165, 1.54) is 0 Å². The topological polar surface area (TPSA) is 43.1 Å². The van der Waals surface area contributed by atoms with Crippen molar-refractivity contribution in [3.63, 3.8) is 0 Å². The van der Waals surface area contributed by atoms with Crippen LogP contribution in [0.5, 0.6) is 0 Å². The van der Waals surface area contributed by atoms with Crippen molar-refractivity contribution in [1.29, 1.82) is 0 Å². The van der Waals surface area contributed by atoms with Gasteiger partial charge in [-0.3, -0.25) is 9.78 Å². The van der Waals surface area contributed by atoms with Crippen LogP contribution in [0.25, 0.3) is 22.1 Å². The van der Waals surface area contributed by atoms with Gasteiger partial charge in [0.1, 0.15) is 5.76 Å². The highest BCUT2D eigenvalue weighted by Crippen LogP contribution is 2.29. The van der Waals surface area contributed by atoms with E-state index >= 15 is 0 Å². The maximum Gasteiger partial charge on any atom is 0.197 e. The van der Waals surface area contributed by atoms with Gasteiger partial charge in [0.25, 0.3) is 0 Å². The Balaban J connectivity index is 2.14. The van der Waals surface area contributed by atoms with Gasteiger partial charge in [-0.15, -0.1) is 0 Å². The zero-order chi connectivity index (χ0) is 13.2. The molecule has 0 aliphatic rings. The molecule has 0 aliphatic heterocycles. The number of ketones is 1. The van der Waals surface area contributed by atoms with E-state index in [1.807, 2.05) is 43.5 Å². The minimum atomic E-state index is 0.0182. The molecule has 3 nitrogen and oxygen atoms in total. The number of carbonyl (C=O) groups is 1. The molecule has 3 aromatic rings. The average Bonchev–Trinajstić information content (AvgIpc) is 2.95. The fourth-order valence-corrected chi connectivity index (χ4v) is 2.13. The lowest BCUT2D eigenvalue weighted by atomic mass is 10.1. The van der Waals surface area contributed by atoms with Gasteiger partial charge in [0, 0.05) is 29.8 Å². The summed E-state index contributed by atoms with van der Waals surface area (Å²) in [7, 11) is 0. The van der Waals surface area contributed by atoms with Gasteiger partial charge in [0.2, 0.25) is 0 Å².